The van der Waals surface area contributed by atoms with Crippen molar-refractivity contribution in [3.8, 4) is 0 Å². The van der Waals surface area contributed by atoms with Gasteiger partial charge in [-0.05, 0) is 49.4 Å². The number of aliphatic imine (C=N–C) groups is 1. The van der Waals surface area contributed by atoms with Gasteiger partial charge in [0, 0.05) is 33.2 Å². The van der Waals surface area contributed by atoms with E-state index in [9.17, 15) is 0 Å². The molecule has 0 aliphatic carbocycles. The summed E-state index contributed by atoms with van der Waals surface area (Å²) >= 11 is 0. The van der Waals surface area contributed by atoms with Crippen LogP contribution in [0, 0.1) is 5.92 Å². The van der Waals surface area contributed by atoms with Crippen LogP contribution in [0.5, 0.6) is 0 Å². The predicted molar refractivity (Wildman–Crippen MR) is 112 cm³/mol. The van der Waals surface area contributed by atoms with Gasteiger partial charge in [-0.2, -0.15) is 0 Å². The summed E-state index contributed by atoms with van der Waals surface area (Å²) < 4.78 is 0. The van der Waals surface area contributed by atoms with Gasteiger partial charge in [-0.1, -0.05) is 31.2 Å². The first-order valence-corrected chi connectivity index (χ1v) is 9.01. The molecule has 2 aliphatic rings. The van der Waals surface area contributed by atoms with Gasteiger partial charge < -0.3 is 15.1 Å². The quantitative estimate of drug-likeness (QED) is 0.442. The molecule has 1 fully saturated rings. The molecule has 0 radical (unpaired) electrons. The molecule has 4 nitrogen and oxygen atoms in total. The van der Waals surface area contributed by atoms with Gasteiger partial charge >= 0.3 is 0 Å². The van der Waals surface area contributed by atoms with Crippen LogP contribution in [0.2, 0.25) is 0 Å². The van der Waals surface area contributed by atoms with E-state index in [1.165, 1.54) is 43.6 Å². The zero-order chi connectivity index (χ0) is 16.1. The highest BCUT2D eigenvalue weighted by molar-refractivity contribution is 14.0. The molecule has 1 aromatic rings. The Bertz CT molecular complexity index is 540. The number of likely N-dealkylation sites (tertiary alicyclic amines) is 1. The smallest absolute Gasteiger partial charge is 0.193 e. The average molecular weight is 442 g/mol. The number of halogens is 1. The number of fused-ring (bicyclic) bond motifs is 1. The Morgan fingerprint density at radius 3 is 2.58 bits per heavy atom. The normalized spacial score (nSPS) is 19.6. The molecule has 0 bridgehead atoms. The van der Waals surface area contributed by atoms with E-state index in [1.54, 1.807) is 0 Å². The molecule has 1 N–H and O–H groups in total. The highest BCUT2D eigenvalue weighted by atomic mass is 127. The molecule has 1 unspecified atom stereocenters. The second-order valence-electron chi connectivity index (χ2n) is 6.98. The molecule has 0 aromatic heterocycles. The molecule has 1 atom stereocenters. The van der Waals surface area contributed by atoms with Crippen molar-refractivity contribution in [1.82, 2.24) is 15.1 Å². The third-order valence-electron chi connectivity index (χ3n) is 5.02. The maximum atomic E-state index is 4.51. The fourth-order valence-electron chi connectivity index (χ4n) is 3.74. The highest BCUT2D eigenvalue weighted by Gasteiger charge is 2.20. The van der Waals surface area contributed by atoms with Crippen molar-refractivity contribution in [2.75, 3.05) is 39.8 Å². The van der Waals surface area contributed by atoms with E-state index >= 15 is 0 Å². The number of rotatable bonds is 4. The van der Waals surface area contributed by atoms with E-state index in [1.807, 2.05) is 7.05 Å². The minimum atomic E-state index is 0. The molecule has 2 heterocycles. The summed E-state index contributed by atoms with van der Waals surface area (Å²) in [6.45, 7) is 9.12. The van der Waals surface area contributed by atoms with Gasteiger partial charge in [-0.3, -0.25) is 4.99 Å². The van der Waals surface area contributed by atoms with Crippen LogP contribution < -0.4 is 5.32 Å². The Balaban J connectivity index is 0.00000208. The topological polar surface area (TPSA) is 30.9 Å². The number of hydrogen-bond donors (Lipinski definition) is 1. The SMILES string of the molecule is CN=C(NCC(C)CN1CCCC1)N1CCc2ccccc2C1.I. The largest absolute Gasteiger partial charge is 0.356 e. The van der Waals surface area contributed by atoms with Gasteiger partial charge in [-0.25, -0.2) is 0 Å². The first-order chi connectivity index (χ1) is 11.3. The Morgan fingerprint density at radius 1 is 1.17 bits per heavy atom. The van der Waals surface area contributed by atoms with E-state index in [2.05, 4.69) is 51.3 Å². The lowest BCUT2D eigenvalue weighted by Gasteiger charge is -2.32. The number of benzene rings is 1. The molecule has 1 saturated heterocycles. The average Bonchev–Trinajstić information content (AvgIpc) is 3.08. The number of nitrogens with zero attached hydrogens (tertiary/aromatic N) is 3. The van der Waals surface area contributed by atoms with Crippen LogP contribution in [0.3, 0.4) is 0 Å². The Hall–Kier alpha value is -0.820. The summed E-state index contributed by atoms with van der Waals surface area (Å²) in [6, 6.07) is 8.77. The van der Waals surface area contributed by atoms with Crippen LogP contribution >= 0.6 is 24.0 Å². The molecular formula is C19H31IN4. The number of guanidine groups is 1. The fraction of sp³-hybridized carbons (Fsp3) is 0.632. The van der Waals surface area contributed by atoms with Crippen LogP contribution in [0.4, 0.5) is 0 Å². The summed E-state index contributed by atoms with van der Waals surface area (Å²) in [5.41, 5.74) is 2.92. The van der Waals surface area contributed by atoms with Crippen molar-refractivity contribution in [2.45, 2.75) is 32.7 Å². The monoisotopic (exact) mass is 442 g/mol. The van der Waals surface area contributed by atoms with Crippen molar-refractivity contribution in [3.05, 3.63) is 35.4 Å². The molecule has 134 valence electrons. The van der Waals surface area contributed by atoms with Gasteiger partial charge in [0.25, 0.3) is 0 Å². The molecular weight excluding hydrogens is 411 g/mol. The van der Waals surface area contributed by atoms with Gasteiger partial charge in [-0.15, -0.1) is 24.0 Å². The maximum Gasteiger partial charge on any atom is 0.193 e. The Labute approximate surface area is 163 Å². The molecule has 1 aromatic carbocycles. The number of hydrogen-bond acceptors (Lipinski definition) is 2. The maximum absolute atomic E-state index is 4.51. The van der Waals surface area contributed by atoms with Crippen LogP contribution in [-0.2, 0) is 13.0 Å². The molecule has 5 heteroatoms. The lowest BCUT2D eigenvalue weighted by atomic mass is 10.0. The lowest BCUT2D eigenvalue weighted by molar-refractivity contribution is 0.285. The summed E-state index contributed by atoms with van der Waals surface area (Å²) in [5, 5.41) is 3.59. The minimum absolute atomic E-state index is 0. The van der Waals surface area contributed by atoms with Crippen LogP contribution in [0.1, 0.15) is 30.9 Å². The Morgan fingerprint density at radius 2 is 1.88 bits per heavy atom. The highest BCUT2D eigenvalue weighted by Crippen LogP contribution is 2.18. The molecule has 0 spiro atoms. The van der Waals surface area contributed by atoms with Crippen LogP contribution in [0.25, 0.3) is 0 Å². The van der Waals surface area contributed by atoms with Gasteiger partial charge in [0.1, 0.15) is 0 Å². The van der Waals surface area contributed by atoms with Crippen molar-refractivity contribution in [1.29, 1.82) is 0 Å². The molecule has 2 aliphatic heterocycles. The van der Waals surface area contributed by atoms with Gasteiger partial charge in [0.2, 0.25) is 0 Å². The third-order valence-corrected chi connectivity index (χ3v) is 5.02. The van der Waals surface area contributed by atoms with E-state index < -0.39 is 0 Å². The Kier molecular flexibility index (Phi) is 7.81. The molecule has 0 saturated carbocycles. The van der Waals surface area contributed by atoms with E-state index in [4.69, 9.17) is 0 Å². The predicted octanol–water partition coefficient (Wildman–Crippen LogP) is 2.97. The molecule has 24 heavy (non-hydrogen) atoms. The second kappa shape index (κ2) is 9.61. The summed E-state index contributed by atoms with van der Waals surface area (Å²) in [6.07, 6.45) is 3.85. The van der Waals surface area contributed by atoms with Gasteiger partial charge in [0.05, 0.1) is 0 Å². The van der Waals surface area contributed by atoms with Crippen molar-refractivity contribution >= 4 is 29.9 Å². The van der Waals surface area contributed by atoms with Crippen molar-refractivity contribution in [2.24, 2.45) is 10.9 Å². The fourth-order valence-corrected chi connectivity index (χ4v) is 3.74. The van der Waals surface area contributed by atoms with Crippen molar-refractivity contribution < 1.29 is 0 Å². The van der Waals surface area contributed by atoms with E-state index in [-0.39, 0.29) is 24.0 Å². The van der Waals surface area contributed by atoms with E-state index in [0.29, 0.717) is 5.92 Å². The van der Waals surface area contributed by atoms with Crippen LogP contribution in [-0.4, -0.2) is 55.5 Å². The van der Waals surface area contributed by atoms with E-state index in [0.717, 1.165) is 32.0 Å². The zero-order valence-corrected chi connectivity index (χ0v) is 17.3. The second-order valence-corrected chi connectivity index (χ2v) is 6.98. The lowest BCUT2D eigenvalue weighted by Crippen LogP contribution is -2.46. The van der Waals surface area contributed by atoms with Crippen molar-refractivity contribution in [3.63, 3.8) is 0 Å². The third kappa shape index (κ3) is 5.09. The number of nitrogens with one attached hydrogen (secondary N) is 1. The molecule has 3 rings (SSSR count). The summed E-state index contributed by atoms with van der Waals surface area (Å²) in [4.78, 5) is 9.48. The van der Waals surface area contributed by atoms with Gasteiger partial charge in [0.15, 0.2) is 5.96 Å². The first-order valence-electron chi connectivity index (χ1n) is 9.01. The standard InChI is InChI=1S/C19H30N4.HI/c1-16(14-22-10-5-6-11-22)13-21-19(20-2)23-12-9-17-7-3-4-8-18(17)15-23;/h3-4,7-8,16H,5-6,9-15H2,1-2H3,(H,20,21);1H. The minimum Gasteiger partial charge on any atom is -0.356 e. The first kappa shape index (κ1) is 19.5. The van der Waals surface area contributed by atoms with Crippen LogP contribution in [0.15, 0.2) is 29.3 Å². The summed E-state index contributed by atoms with van der Waals surface area (Å²) in [5.74, 6) is 1.70. The summed E-state index contributed by atoms with van der Waals surface area (Å²) in [7, 11) is 1.90. The molecule has 0 amide bonds. The zero-order valence-electron chi connectivity index (χ0n) is 15.0.